The molecule has 1 unspecified atom stereocenters. The Morgan fingerprint density at radius 3 is 2.21 bits per heavy atom. The normalized spacial score (nSPS) is 12.7. The lowest BCUT2D eigenvalue weighted by atomic mass is 9.95. The van der Waals surface area contributed by atoms with Crippen LogP contribution in [0.2, 0.25) is 5.02 Å². The molecule has 0 aliphatic heterocycles. The van der Waals surface area contributed by atoms with Gasteiger partial charge in [-0.15, -0.1) is 0 Å². The van der Waals surface area contributed by atoms with E-state index >= 15 is 0 Å². The molecule has 0 bridgehead atoms. The molecule has 1 atom stereocenters. The standard InChI is InChI=1S/C20H29ClN2O5/c1-19(2,3)17(25)22-14-11-13(21)9-8-12(14)10-15(16(24)27-7)23-18(26)28-20(4,5)6/h8-9,11,15H,10H2,1-7H3,(H,22,25)(H,23,26). The maximum atomic E-state index is 12.4. The number of ether oxygens (including phenoxy) is 2. The van der Waals surface area contributed by atoms with Crippen molar-refractivity contribution in [2.75, 3.05) is 12.4 Å². The third-order valence-corrected chi connectivity index (χ3v) is 3.84. The number of anilines is 1. The molecule has 0 aliphatic carbocycles. The molecule has 28 heavy (non-hydrogen) atoms. The summed E-state index contributed by atoms with van der Waals surface area (Å²) in [5.41, 5.74) is -0.242. The van der Waals surface area contributed by atoms with Gasteiger partial charge in [-0.25, -0.2) is 9.59 Å². The van der Waals surface area contributed by atoms with Crippen LogP contribution in [0.5, 0.6) is 0 Å². The first-order valence-corrected chi connectivity index (χ1v) is 9.28. The molecule has 8 heteroatoms. The Bertz CT molecular complexity index is 735. The zero-order chi connectivity index (χ0) is 21.7. The molecule has 0 saturated carbocycles. The van der Waals surface area contributed by atoms with Gasteiger partial charge in [-0.1, -0.05) is 38.4 Å². The Hall–Kier alpha value is -2.28. The molecule has 0 spiro atoms. The second-order valence-corrected chi connectivity index (χ2v) is 8.87. The van der Waals surface area contributed by atoms with E-state index in [9.17, 15) is 14.4 Å². The van der Waals surface area contributed by atoms with Gasteiger partial charge in [0.15, 0.2) is 0 Å². The number of carbonyl (C=O) groups excluding carboxylic acids is 3. The highest BCUT2D eigenvalue weighted by Crippen LogP contribution is 2.25. The smallest absolute Gasteiger partial charge is 0.408 e. The Kier molecular flexibility index (Phi) is 7.87. The fourth-order valence-corrected chi connectivity index (χ4v) is 2.33. The molecule has 0 aliphatic rings. The average Bonchev–Trinajstić information content (AvgIpc) is 2.53. The zero-order valence-corrected chi connectivity index (χ0v) is 18.2. The largest absolute Gasteiger partial charge is 0.467 e. The molecule has 1 rings (SSSR count). The van der Waals surface area contributed by atoms with Crippen molar-refractivity contribution in [3.63, 3.8) is 0 Å². The van der Waals surface area contributed by atoms with E-state index in [1.807, 2.05) is 0 Å². The number of amides is 2. The number of methoxy groups -OCH3 is 1. The van der Waals surface area contributed by atoms with Crippen molar-refractivity contribution in [1.29, 1.82) is 0 Å². The molecule has 156 valence electrons. The van der Waals surface area contributed by atoms with Crippen molar-refractivity contribution in [3.8, 4) is 0 Å². The molecule has 0 radical (unpaired) electrons. The number of halogens is 1. The molecule has 7 nitrogen and oxygen atoms in total. The number of carbonyl (C=O) groups is 3. The average molecular weight is 413 g/mol. The summed E-state index contributed by atoms with van der Waals surface area (Å²) in [5.74, 6) is -0.834. The summed E-state index contributed by atoms with van der Waals surface area (Å²) in [6.07, 6.45) is -0.653. The van der Waals surface area contributed by atoms with Gasteiger partial charge in [-0.2, -0.15) is 0 Å². The van der Waals surface area contributed by atoms with Gasteiger partial charge in [0.05, 0.1) is 7.11 Å². The van der Waals surface area contributed by atoms with Crippen molar-refractivity contribution in [2.24, 2.45) is 5.41 Å². The van der Waals surface area contributed by atoms with Gasteiger partial charge in [-0.3, -0.25) is 4.79 Å². The first kappa shape index (κ1) is 23.8. The fourth-order valence-electron chi connectivity index (χ4n) is 2.16. The molecule has 1 aromatic carbocycles. The monoisotopic (exact) mass is 412 g/mol. The van der Waals surface area contributed by atoms with Crippen LogP contribution in [-0.4, -0.2) is 36.7 Å². The predicted molar refractivity (Wildman–Crippen MR) is 108 cm³/mol. The Morgan fingerprint density at radius 2 is 1.71 bits per heavy atom. The summed E-state index contributed by atoms with van der Waals surface area (Å²) >= 11 is 6.07. The summed E-state index contributed by atoms with van der Waals surface area (Å²) < 4.78 is 10.0. The van der Waals surface area contributed by atoms with E-state index in [4.69, 9.17) is 21.1 Å². The Balaban J connectivity index is 3.10. The number of nitrogens with one attached hydrogen (secondary N) is 2. The first-order chi connectivity index (χ1) is 12.7. The third kappa shape index (κ3) is 7.76. The van der Waals surface area contributed by atoms with Crippen molar-refractivity contribution in [2.45, 2.75) is 59.6 Å². The van der Waals surface area contributed by atoms with Crippen molar-refractivity contribution in [3.05, 3.63) is 28.8 Å². The number of rotatable bonds is 5. The van der Waals surface area contributed by atoms with Crippen LogP contribution >= 0.6 is 11.6 Å². The number of hydrogen-bond donors (Lipinski definition) is 2. The van der Waals surface area contributed by atoms with Crippen LogP contribution in [-0.2, 0) is 25.5 Å². The maximum absolute atomic E-state index is 12.4. The molecule has 0 aromatic heterocycles. The topological polar surface area (TPSA) is 93.7 Å². The van der Waals surface area contributed by atoms with E-state index < -0.39 is 29.1 Å². The highest BCUT2D eigenvalue weighted by Gasteiger charge is 2.27. The fraction of sp³-hybridized carbons (Fsp3) is 0.550. The SMILES string of the molecule is COC(=O)C(Cc1ccc(Cl)cc1NC(=O)C(C)(C)C)NC(=O)OC(C)(C)C. The Morgan fingerprint density at radius 1 is 1.11 bits per heavy atom. The van der Waals surface area contributed by atoms with Crippen LogP contribution in [0.4, 0.5) is 10.5 Å². The number of esters is 1. The summed E-state index contributed by atoms with van der Waals surface area (Å²) in [7, 11) is 1.23. The minimum Gasteiger partial charge on any atom is -0.467 e. The van der Waals surface area contributed by atoms with E-state index in [2.05, 4.69) is 10.6 Å². The highest BCUT2D eigenvalue weighted by atomic mass is 35.5. The lowest BCUT2D eigenvalue weighted by Gasteiger charge is -2.24. The highest BCUT2D eigenvalue weighted by molar-refractivity contribution is 6.31. The van der Waals surface area contributed by atoms with Crippen molar-refractivity contribution >= 4 is 35.3 Å². The zero-order valence-electron chi connectivity index (χ0n) is 17.4. The molecule has 1 aromatic rings. The molecule has 0 saturated heterocycles. The van der Waals surface area contributed by atoms with E-state index in [1.54, 1.807) is 59.7 Å². The molecule has 2 amide bonds. The second kappa shape index (κ2) is 9.28. The lowest BCUT2D eigenvalue weighted by Crippen LogP contribution is -2.45. The van der Waals surface area contributed by atoms with Gasteiger partial charge in [0.1, 0.15) is 11.6 Å². The van der Waals surface area contributed by atoms with Gasteiger partial charge < -0.3 is 20.1 Å². The van der Waals surface area contributed by atoms with Gasteiger partial charge in [0.2, 0.25) is 5.91 Å². The van der Waals surface area contributed by atoms with Gasteiger partial charge in [0, 0.05) is 22.5 Å². The minimum atomic E-state index is -0.994. The van der Waals surface area contributed by atoms with Gasteiger partial charge >= 0.3 is 12.1 Å². The number of benzene rings is 1. The van der Waals surface area contributed by atoms with Gasteiger partial charge in [0.25, 0.3) is 0 Å². The number of alkyl carbamates (subject to hydrolysis) is 1. The maximum Gasteiger partial charge on any atom is 0.408 e. The van der Waals surface area contributed by atoms with Crippen LogP contribution in [0.15, 0.2) is 18.2 Å². The van der Waals surface area contributed by atoms with Crippen LogP contribution in [0.3, 0.4) is 0 Å². The summed E-state index contributed by atoms with van der Waals surface area (Å²) in [4.78, 5) is 36.6. The van der Waals surface area contributed by atoms with Crippen molar-refractivity contribution in [1.82, 2.24) is 5.32 Å². The molecular formula is C20H29ClN2O5. The van der Waals surface area contributed by atoms with Crippen LogP contribution in [0.1, 0.15) is 47.1 Å². The van der Waals surface area contributed by atoms with Crippen LogP contribution in [0.25, 0.3) is 0 Å². The number of hydrogen-bond acceptors (Lipinski definition) is 5. The summed E-state index contributed by atoms with van der Waals surface area (Å²) in [6, 6.07) is 3.94. The third-order valence-electron chi connectivity index (χ3n) is 3.60. The molecular weight excluding hydrogens is 384 g/mol. The lowest BCUT2D eigenvalue weighted by molar-refractivity contribution is -0.143. The summed E-state index contributed by atoms with van der Waals surface area (Å²) in [6.45, 7) is 10.5. The quantitative estimate of drug-likeness (QED) is 0.714. The summed E-state index contributed by atoms with van der Waals surface area (Å²) in [5, 5.41) is 5.78. The van der Waals surface area contributed by atoms with E-state index in [0.717, 1.165) is 0 Å². The Labute approximate surface area is 171 Å². The van der Waals surface area contributed by atoms with Crippen LogP contribution in [0, 0.1) is 5.41 Å². The van der Waals surface area contributed by atoms with E-state index in [-0.39, 0.29) is 12.3 Å². The van der Waals surface area contributed by atoms with E-state index in [1.165, 1.54) is 7.11 Å². The predicted octanol–water partition coefficient (Wildman–Crippen LogP) is 3.93. The van der Waals surface area contributed by atoms with E-state index in [0.29, 0.717) is 16.3 Å². The molecule has 0 fully saturated rings. The molecule has 0 heterocycles. The van der Waals surface area contributed by atoms with Crippen LogP contribution < -0.4 is 10.6 Å². The molecule has 2 N–H and O–H groups in total. The first-order valence-electron chi connectivity index (χ1n) is 8.90. The second-order valence-electron chi connectivity index (χ2n) is 8.43. The van der Waals surface area contributed by atoms with Crippen molar-refractivity contribution < 1.29 is 23.9 Å². The minimum absolute atomic E-state index is 0.0862. The van der Waals surface area contributed by atoms with Gasteiger partial charge in [-0.05, 0) is 38.5 Å².